The van der Waals surface area contributed by atoms with Crippen molar-refractivity contribution in [2.24, 2.45) is 5.92 Å². The number of hydrogen-bond acceptors (Lipinski definition) is 4. The smallest absolute Gasteiger partial charge is 0.251 e. The van der Waals surface area contributed by atoms with E-state index in [-0.39, 0.29) is 30.2 Å². The van der Waals surface area contributed by atoms with Crippen LogP contribution in [-0.2, 0) is 16.1 Å². The first-order valence-corrected chi connectivity index (χ1v) is 10.8. The summed E-state index contributed by atoms with van der Waals surface area (Å²) in [5.41, 5.74) is 3.99. The third-order valence-electron chi connectivity index (χ3n) is 5.48. The number of hydrogen-bond donors (Lipinski definition) is 4. The number of benzene rings is 2. The molecule has 4 rings (SSSR count). The zero-order valence-corrected chi connectivity index (χ0v) is 17.7. The van der Waals surface area contributed by atoms with Crippen LogP contribution in [-0.4, -0.2) is 30.3 Å². The number of carbonyl (C=O) groups is 3. The normalized spacial score (nSPS) is 15.1. The summed E-state index contributed by atoms with van der Waals surface area (Å²) in [6, 6.07) is 13.3. The Bertz CT molecular complexity index is 996. The van der Waals surface area contributed by atoms with Crippen LogP contribution in [0.5, 0.6) is 0 Å². The summed E-state index contributed by atoms with van der Waals surface area (Å²) < 4.78 is 0. The predicted molar refractivity (Wildman–Crippen MR) is 120 cm³/mol. The van der Waals surface area contributed by atoms with Crippen molar-refractivity contribution in [2.45, 2.75) is 45.2 Å². The van der Waals surface area contributed by atoms with Gasteiger partial charge in [-0.05, 0) is 68.0 Å². The molecule has 2 aliphatic carbocycles. The second-order valence-electron chi connectivity index (χ2n) is 8.37. The highest BCUT2D eigenvalue weighted by Gasteiger charge is 2.29. The van der Waals surface area contributed by atoms with Crippen molar-refractivity contribution in [3.8, 4) is 0 Å². The van der Waals surface area contributed by atoms with E-state index in [0.717, 1.165) is 48.2 Å². The molecule has 4 N–H and O–H groups in total. The third kappa shape index (κ3) is 6.07. The zero-order valence-electron chi connectivity index (χ0n) is 17.7. The molecule has 7 nitrogen and oxygen atoms in total. The fraction of sp³-hybridized carbons (Fsp3) is 0.375. The Labute approximate surface area is 182 Å². The van der Waals surface area contributed by atoms with E-state index in [0.29, 0.717) is 18.2 Å². The Morgan fingerprint density at radius 3 is 2.55 bits per heavy atom. The van der Waals surface area contributed by atoms with Crippen LogP contribution in [0, 0.1) is 12.8 Å². The minimum atomic E-state index is -0.153. The highest BCUT2D eigenvalue weighted by atomic mass is 16.2. The predicted octanol–water partition coefficient (Wildman–Crippen LogP) is 2.96. The van der Waals surface area contributed by atoms with Gasteiger partial charge >= 0.3 is 0 Å². The molecule has 2 aromatic rings. The van der Waals surface area contributed by atoms with Crippen molar-refractivity contribution < 1.29 is 14.4 Å². The van der Waals surface area contributed by atoms with Crippen molar-refractivity contribution in [3.05, 3.63) is 59.2 Å². The Hall–Kier alpha value is -3.35. The lowest BCUT2D eigenvalue weighted by Gasteiger charge is -2.12. The van der Waals surface area contributed by atoms with Crippen LogP contribution in [0.2, 0.25) is 0 Å². The van der Waals surface area contributed by atoms with E-state index in [1.165, 1.54) is 0 Å². The summed E-state index contributed by atoms with van der Waals surface area (Å²) in [4.78, 5) is 36.5. The van der Waals surface area contributed by atoms with Crippen molar-refractivity contribution in [2.75, 3.05) is 17.2 Å². The van der Waals surface area contributed by atoms with Crippen LogP contribution in [0.4, 0.5) is 11.4 Å². The molecule has 0 saturated heterocycles. The van der Waals surface area contributed by atoms with Gasteiger partial charge < -0.3 is 21.3 Å². The van der Waals surface area contributed by atoms with Gasteiger partial charge in [-0.15, -0.1) is 0 Å². The number of anilines is 2. The fourth-order valence-corrected chi connectivity index (χ4v) is 3.24. The van der Waals surface area contributed by atoms with Crippen LogP contribution >= 0.6 is 0 Å². The Kier molecular flexibility index (Phi) is 6.21. The molecule has 0 spiro atoms. The van der Waals surface area contributed by atoms with Crippen LogP contribution in [0.1, 0.15) is 47.2 Å². The van der Waals surface area contributed by atoms with Gasteiger partial charge in [0.05, 0.1) is 6.54 Å². The van der Waals surface area contributed by atoms with Crippen LogP contribution < -0.4 is 21.3 Å². The van der Waals surface area contributed by atoms with Gasteiger partial charge in [-0.25, -0.2) is 0 Å². The lowest BCUT2D eigenvalue weighted by atomic mass is 10.1. The standard InChI is InChI=1S/C24H28N4O3/c1-15-5-6-18(24(31)27-19-9-10-19)12-21(15)25-14-22(29)26-13-16-3-2-4-20(11-16)28-23(30)17-7-8-17/h2-6,11-12,17,19,25H,7-10,13-14H2,1H3,(H,26,29)(H,27,31)(H,28,30). The molecular formula is C24H28N4O3. The van der Waals surface area contributed by atoms with E-state index in [2.05, 4.69) is 21.3 Å². The highest BCUT2D eigenvalue weighted by molar-refractivity contribution is 5.96. The average Bonchev–Trinajstić information content (AvgIpc) is 3.66. The van der Waals surface area contributed by atoms with Gasteiger partial charge in [-0.1, -0.05) is 18.2 Å². The highest BCUT2D eigenvalue weighted by Crippen LogP contribution is 2.30. The zero-order chi connectivity index (χ0) is 21.8. The van der Waals surface area contributed by atoms with Crippen molar-refractivity contribution >= 4 is 29.1 Å². The van der Waals surface area contributed by atoms with Gasteiger partial charge in [-0.2, -0.15) is 0 Å². The molecule has 3 amide bonds. The Morgan fingerprint density at radius 1 is 1.00 bits per heavy atom. The van der Waals surface area contributed by atoms with Gasteiger partial charge in [-0.3, -0.25) is 14.4 Å². The average molecular weight is 421 g/mol. The van der Waals surface area contributed by atoms with E-state index >= 15 is 0 Å². The SMILES string of the molecule is Cc1ccc(C(=O)NC2CC2)cc1NCC(=O)NCc1cccc(NC(=O)C2CC2)c1. The topological polar surface area (TPSA) is 99.3 Å². The van der Waals surface area contributed by atoms with Crippen LogP contribution in [0.15, 0.2) is 42.5 Å². The number of carbonyl (C=O) groups excluding carboxylic acids is 3. The van der Waals surface area contributed by atoms with Gasteiger partial charge in [0, 0.05) is 35.4 Å². The summed E-state index contributed by atoms with van der Waals surface area (Å²) in [6.07, 6.45) is 4.00. The molecule has 2 saturated carbocycles. The molecular weight excluding hydrogens is 392 g/mol. The molecule has 162 valence electrons. The molecule has 0 heterocycles. The van der Waals surface area contributed by atoms with Crippen molar-refractivity contribution in [1.82, 2.24) is 10.6 Å². The van der Waals surface area contributed by atoms with E-state index < -0.39 is 0 Å². The summed E-state index contributed by atoms with van der Waals surface area (Å²) in [5.74, 6) is -0.0201. The second-order valence-corrected chi connectivity index (χ2v) is 8.37. The quantitative estimate of drug-likeness (QED) is 0.501. The molecule has 0 unspecified atom stereocenters. The molecule has 31 heavy (non-hydrogen) atoms. The number of rotatable bonds is 9. The number of aryl methyl sites for hydroxylation is 1. The molecule has 0 radical (unpaired) electrons. The van der Waals surface area contributed by atoms with E-state index in [1.54, 1.807) is 12.1 Å². The minimum absolute atomic E-state index is 0.0637. The summed E-state index contributed by atoms with van der Waals surface area (Å²) in [5, 5.41) is 11.9. The van der Waals surface area contributed by atoms with Gasteiger partial charge in [0.1, 0.15) is 0 Å². The fourth-order valence-electron chi connectivity index (χ4n) is 3.24. The maximum atomic E-state index is 12.3. The molecule has 2 aliphatic rings. The molecule has 0 atom stereocenters. The first-order valence-electron chi connectivity index (χ1n) is 10.8. The molecule has 7 heteroatoms. The van der Waals surface area contributed by atoms with E-state index in [4.69, 9.17) is 0 Å². The van der Waals surface area contributed by atoms with Gasteiger partial charge in [0.15, 0.2) is 0 Å². The summed E-state index contributed by atoms with van der Waals surface area (Å²) in [6.45, 7) is 2.41. The second kappa shape index (κ2) is 9.20. The lowest BCUT2D eigenvalue weighted by molar-refractivity contribution is -0.119. The molecule has 0 aromatic heterocycles. The first kappa shape index (κ1) is 20.9. The first-order chi connectivity index (χ1) is 15.0. The summed E-state index contributed by atoms with van der Waals surface area (Å²) >= 11 is 0. The van der Waals surface area contributed by atoms with Crippen LogP contribution in [0.3, 0.4) is 0 Å². The maximum absolute atomic E-state index is 12.3. The van der Waals surface area contributed by atoms with Gasteiger partial charge in [0.2, 0.25) is 11.8 Å². The van der Waals surface area contributed by atoms with Crippen LogP contribution in [0.25, 0.3) is 0 Å². The largest absolute Gasteiger partial charge is 0.376 e. The molecule has 2 fully saturated rings. The number of nitrogens with one attached hydrogen (secondary N) is 4. The molecule has 0 aliphatic heterocycles. The van der Waals surface area contributed by atoms with E-state index in [9.17, 15) is 14.4 Å². The van der Waals surface area contributed by atoms with Crippen molar-refractivity contribution in [3.63, 3.8) is 0 Å². The lowest BCUT2D eigenvalue weighted by Crippen LogP contribution is -2.30. The van der Waals surface area contributed by atoms with E-state index in [1.807, 2.05) is 37.3 Å². The third-order valence-corrected chi connectivity index (χ3v) is 5.48. The monoisotopic (exact) mass is 420 g/mol. The van der Waals surface area contributed by atoms with Crippen molar-refractivity contribution in [1.29, 1.82) is 0 Å². The summed E-state index contributed by atoms with van der Waals surface area (Å²) in [7, 11) is 0. The van der Waals surface area contributed by atoms with Gasteiger partial charge in [0.25, 0.3) is 5.91 Å². The molecule has 2 aromatic carbocycles. The maximum Gasteiger partial charge on any atom is 0.251 e. The Morgan fingerprint density at radius 2 is 1.81 bits per heavy atom. The molecule has 0 bridgehead atoms. The number of amides is 3. The minimum Gasteiger partial charge on any atom is -0.376 e. The Balaban J connectivity index is 1.26.